The van der Waals surface area contributed by atoms with Crippen LogP contribution in [0.5, 0.6) is 11.5 Å². The van der Waals surface area contributed by atoms with E-state index in [-0.39, 0.29) is 22.8 Å². The van der Waals surface area contributed by atoms with Crippen molar-refractivity contribution in [2.24, 2.45) is 0 Å². The van der Waals surface area contributed by atoms with Gasteiger partial charge in [0.05, 0.1) is 11.5 Å². The first-order valence-corrected chi connectivity index (χ1v) is 6.94. The first-order chi connectivity index (χ1) is 11.0. The Hall–Kier alpha value is -3.15. The lowest BCUT2D eigenvalue weighted by molar-refractivity contribution is -0.384. The van der Waals surface area contributed by atoms with Gasteiger partial charge in [0.25, 0.3) is 5.69 Å². The van der Waals surface area contributed by atoms with Crippen LogP contribution in [0.4, 0.5) is 5.69 Å². The quantitative estimate of drug-likeness (QED) is 0.381. The number of nitro benzene ring substituents is 1. The van der Waals surface area contributed by atoms with Gasteiger partial charge in [0.2, 0.25) is 0 Å². The molecule has 0 unspecified atom stereocenters. The summed E-state index contributed by atoms with van der Waals surface area (Å²) >= 11 is 0. The molecule has 0 radical (unpaired) electrons. The maximum atomic E-state index is 12.1. The predicted molar refractivity (Wildman–Crippen MR) is 85.7 cm³/mol. The van der Waals surface area contributed by atoms with Crippen molar-refractivity contribution in [3.63, 3.8) is 0 Å². The van der Waals surface area contributed by atoms with Crippen molar-refractivity contribution < 1.29 is 19.6 Å². The lowest BCUT2D eigenvalue weighted by Gasteiger charge is -2.06. The summed E-state index contributed by atoms with van der Waals surface area (Å²) in [6, 6.07) is 10.3. The Morgan fingerprint density at radius 1 is 1.30 bits per heavy atom. The van der Waals surface area contributed by atoms with Crippen LogP contribution < -0.4 is 4.74 Å². The van der Waals surface area contributed by atoms with Gasteiger partial charge in [-0.3, -0.25) is 14.9 Å². The van der Waals surface area contributed by atoms with Crippen molar-refractivity contribution in [3.8, 4) is 11.5 Å². The number of phenolic OH excluding ortho intramolecular Hbond substituents is 1. The molecule has 6 nitrogen and oxygen atoms in total. The number of phenols is 1. The summed E-state index contributed by atoms with van der Waals surface area (Å²) in [6.07, 6.45) is 2.88. The molecule has 0 spiro atoms. The molecular formula is C17H15NO5. The summed E-state index contributed by atoms with van der Waals surface area (Å²) in [5.41, 5.74) is 0.775. The molecule has 0 amide bonds. The van der Waals surface area contributed by atoms with Crippen molar-refractivity contribution in [2.75, 3.05) is 6.61 Å². The predicted octanol–water partition coefficient (Wildman–Crippen LogP) is 3.60. The highest BCUT2D eigenvalue weighted by Gasteiger charge is 2.09. The van der Waals surface area contributed by atoms with Gasteiger partial charge in [-0.1, -0.05) is 24.3 Å². The summed E-state index contributed by atoms with van der Waals surface area (Å²) in [5, 5.41) is 20.3. The van der Waals surface area contributed by atoms with E-state index in [2.05, 4.69) is 0 Å². The lowest BCUT2D eigenvalue weighted by Crippen LogP contribution is -1.96. The van der Waals surface area contributed by atoms with E-state index in [4.69, 9.17) is 4.74 Å². The smallest absolute Gasteiger partial charge is 0.270 e. The van der Waals surface area contributed by atoms with Gasteiger partial charge in [-0.15, -0.1) is 0 Å². The van der Waals surface area contributed by atoms with Gasteiger partial charge in [0.15, 0.2) is 17.3 Å². The zero-order valence-electron chi connectivity index (χ0n) is 12.4. The molecular weight excluding hydrogens is 298 g/mol. The van der Waals surface area contributed by atoms with Crippen LogP contribution in [0.3, 0.4) is 0 Å². The second-order valence-electron chi connectivity index (χ2n) is 4.67. The molecule has 0 aliphatic rings. The molecule has 0 bridgehead atoms. The van der Waals surface area contributed by atoms with Crippen molar-refractivity contribution in [1.29, 1.82) is 0 Å². The van der Waals surface area contributed by atoms with E-state index < -0.39 is 4.92 Å². The van der Waals surface area contributed by atoms with E-state index >= 15 is 0 Å². The van der Waals surface area contributed by atoms with Crippen LogP contribution in [-0.2, 0) is 0 Å². The van der Waals surface area contributed by atoms with Crippen molar-refractivity contribution in [1.82, 2.24) is 0 Å². The average Bonchev–Trinajstić information content (AvgIpc) is 2.55. The van der Waals surface area contributed by atoms with Crippen LogP contribution in [0, 0.1) is 10.1 Å². The monoisotopic (exact) mass is 313 g/mol. The molecule has 0 atom stereocenters. The number of carbonyl (C=O) groups excluding carboxylic acids is 1. The largest absolute Gasteiger partial charge is 0.504 e. The maximum Gasteiger partial charge on any atom is 0.270 e. The molecule has 0 aliphatic carbocycles. The number of hydrogen-bond donors (Lipinski definition) is 1. The average molecular weight is 313 g/mol. The first kappa shape index (κ1) is 16.2. The van der Waals surface area contributed by atoms with E-state index in [1.165, 1.54) is 36.4 Å². The number of aromatic hydroxyl groups is 1. The molecule has 2 aromatic carbocycles. The number of rotatable bonds is 6. The Labute approximate surface area is 132 Å². The highest BCUT2D eigenvalue weighted by atomic mass is 16.6. The van der Waals surface area contributed by atoms with Crippen molar-refractivity contribution >= 4 is 17.5 Å². The molecule has 6 heteroatoms. The number of ether oxygens (including phenoxy) is 1. The minimum Gasteiger partial charge on any atom is -0.504 e. The van der Waals surface area contributed by atoms with Gasteiger partial charge in [0.1, 0.15) is 0 Å². The summed E-state index contributed by atoms with van der Waals surface area (Å²) in [4.78, 5) is 22.3. The van der Waals surface area contributed by atoms with Crippen LogP contribution >= 0.6 is 0 Å². The molecule has 1 N–H and O–H groups in total. The van der Waals surface area contributed by atoms with Gasteiger partial charge < -0.3 is 9.84 Å². The Morgan fingerprint density at radius 3 is 2.78 bits per heavy atom. The number of allylic oxidation sites excluding steroid dienone is 1. The van der Waals surface area contributed by atoms with Gasteiger partial charge >= 0.3 is 0 Å². The topological polar surface area (TPSA) is 89.7 Å². The van der Waals surface area contributed by atoms with E-state index in [1.54, 1.807) is 25.1 Å². The SMILES string of the molecule is CCOc1cc(/C=C/C(=O)c2cccc([N+](=O)[O-])c2)ccc1O. The van der Waals surface area contributed by atoms with E-state index in [1.807, 2.05) is 0 Å². The molecule has 2 aromatic rings. The minimum atomic E-state index is -0.547. The third-order valence-electron chi connectivity index (χ3n) is 3.05. The fourth-order valence-electron chi connectivity index (χ4n) is 1.95. The summed E-state index contributed by atoms with van der Waals surface area (Å²) in [5.74, 6) is 0.00573. The number of carbonyl (C=O) groups is 1. The minimum absolute atomic E-state index is 0.0222. The Kier molecular flexibility index (Phi) is 5.09. The van der Waals surface area contributed by atoms with E-state index in [0.717, 1.165) is 0 Å². The van der Waals surface area contributed by atoms with Crippen molar-refractivity contribution in [3.05, 3.63) is 69.8 Å². The van der Waals surface area contributed by atoms with Crippen LogP contribution in [0.2, 0.25) is 0 Å². The number of non-ortho nitro benzene ring substituents is 1. The Bertz CT molecular complexity index is 767. The number of benzene rings is 2. The van der Waals surface area contributed by atoms with Crippen LogP contribution in [0.1, 0.15) is 22.8 Å². The molecule has 0 fully saturated rings. The molecule has 0 saturated heterocycles. The summed E-state index contributed by atoms with van der Waals surface area (Å²) in [6.45, 7) is 2.21. The van der Waals surface area contributed by atoms with Gasteiger partial charge in [-0.05, 0) is 30.7 Å². The number of ketones is 1. The fourth-order valence-corrected chi connectivity index (χ4v) is 1.95. The van der Waals surface area contributed by atoms with E-state index in [9.17, 15) is 20.0 Å². The lowest BCUT2D eigenvalue weighted by atomic mass is 10.1. The Morgan fingerprint density at radius 2 is 2.09 bits per heavy atom. The molecule has 0 heterocycles. The number of hydrogen-bond acceptors (Lipinski definition) is 5. The van der Waals surface area contributed by atoms with Crippen molar-refractivity contribution in [2.45, 2.75) is 6.92 Å². The highest BCUT2D eigenvalue weighted by Crippen LogP contribution is 2.27. The normalized spacial score (nSPS) is 10.7. The van der Waals surface area contributed by atoms with Gasteiger partial charge in [0, 0.05) is 17.7 Å². The second kappa shape index (κ2) is 7.22. The van der Waals surface area contributed by atoms with Gasteiger partial charge in [-0.2, -0.15) is 0 Å². The maximum absolute atomic E-state index is 12.1. The summed E-state index contributed by atoms with van der Waals surface area (Å²) in [7, 11) is 0. The molecule has 2 rings (SSSR count). The molecule has 23 heavy (non-hydrogen) atoms. The highest BCUT2D eigenvalue weighted by molar-refractivity contribution is 6.07. The summed E-state index contributed by atoms with van der Waals surface area (Å²) < 4.78 is 5.27. The zero-order chi connectivity index (χ0) is 16.8. The van der Waals surface area contributed by atoms with Crippen LogP contribution in [-0.4, -0.2) is 22.4 Å². The first-order valence-electron chi connectivity index (χ1n) is 6.94. The second-order valence-corrected chi connectivity index (χ2v) is 4.67. The molecule has 0 saturated carbocycles. The number of nitrogens with zero attached hydrogens (tertiary/aromatic N) is 1. The van der Waals surface area contributed by atoms with Gasteiger partial charge in [-0.25, -0.2) is 0 Å². The molecule has 0 aromatic heterocycles. The molecule has 118 valence electrons. The molecule has 0 aliphatic heterocycles. The number of nitro groups is 1. The standard InChI is InChI=1S/C17H15NO5/c1-2-23-17-10-12(7-9-16(17)20)6-8-15(19)13-4-3-5-14(11-13)18(21)22/h3-11,20H,2H2,1H3/b8-6+. The third kappa shape index (κ3) is 4.16. The van der Waals surface area contributed by atoms with Crippen LogP contribution in [0.25, 0.3) is 6.08 Å². The third-order valence-corrected chi connectivity index (χ3v) is 3.05. The van der Waals surface area contributed by atoms with Crippen LogP contribution in [0.15, 0.2) is 48.5 Å². The fraction of sp³-hybridized carbons (Fsp3) is 0.118. The zero-order valence-corrected chi connectivity index (χ0v) is 12.4. The Balaban J connectivity index is 2.19. The van der Waals surface area contributed by atoms with E-state index in [0.29, 0.717) is 17.9 Å².